The Morgan fingerprint density at radius 1 is 1.26 bits per heavy atom. The van der Waals surface area contributed by atoms with Crippen molar-refractivity contribution in [2.24, 2.45) is 5.41 Å². The van der Waals surface area contributed by atoms with Crippen LogP contribution < -0.4 is 10.6 Å². The maximum absolute atomic E-state index is 12.6. The minimum atomic E-state index is -0.0517. The van der Waals surface area contributed by atoms with Crippen LogP contribution in [0.4, 0.5) is 0 Å². The van der Waals surface area contributed by atoms with Crippen LogP contribution in [0, 0.1) is 5.41 Å². The first-order valence-electron chi connectivity index (χ1n) is 9.70. The summed E-state index contributed by atoms with van der Waals surface area (Å²) in [6.07, 6.45) is 4.39. The molecule has 4 rings (SSSR count). The van der Waals surface area contributed by atoms with E-state index in [2.05, 4.69) is 25.8 Å². The van der Waals surface area contributed by atoms with Crippen molar-refractivity contribution in [1.29, 1.82) is 0 Å². The molecule has 1 amide bonds. The lowest BCUT2D eigenvalue weighted by atomic mass is 9.79. The molecule has 1 saturated carbocycles. The molecule has 2 aliphatic rings. The van der Waals surface area contributed by atoms with Crippen LogP contribution in [0.25, 0.3) is 11.4 Å². The second-order valence-corrected chi connectivity index (χ2v) is 7.76. The second-order valence-electron chi connectivity index (χ2n) is 7.76. The maximum Gasteiger partial charge on any atom is 0.251 e. The van der Waals surface area contributed by atoms with Crippen LogP contribution in [0.3, 0.4) is 0 Å². The van der Waals surface area contributed by atoms with Crippen LogP contribution in [0.5, 0.6) is 0 Å². The Kier molecular flexibility index (Phi) is 5.22. The summed E-state index contributed by atoms with van der Waals surface area (Å²) in [6, 6.07) is 7.49. The van der Waals surface area contributed by atoms with E-state index in [0.29, 0.717) is 30.5 Å². The third-order valence-electron chi connectivity index (χ3n) is 5.61. The monoisotopic (exact) mass is 369 g/mol. The van der Waals surface area contributed by atoms with Gasteiger partial charge in [-0.2, -0.15) is 5.10 Å². The van der Waals surface area contributed by atoms with Gasteiger partial charge in [-0.3, -0.25) is 9.89 Å². The van der Waals surface area contributed by atoms with Gasteiger partial charge in [0.2, 0.25) is 0 Å². The van der Waals surface area contributed by atoms with E-state index in [4.69, 9.17) is 4.74 Å². The average molecular weight is 369 g/mol. The summed E-state index contributed by atoms with van der Waals surface area (Å²) in [5.74, 6) is 2.16. The van der Waals surface area contributed by atoms with Gasteiger partial charge in [-0.15, -0.1) is 0 Å². The molecule has 0 radical (unpaired) electrons. The average Bonchev–Trinajstić information content (AvgIpc) is 3.44. The molecule has 2 heterocycles. The number of nitrogens with zero attached hydrogens (tertiary/aromatic N) is 2. The van der Waals surface area contributed by atoms with Gasteiger partial charge in [0.25, 0.3) is 5.91 Å². The number of carbonyl (C=O) groups is 1. The van der Waals surface area contributed by atoms with E-state index in [1.165, 1.54) is 12.8 Å². The zero-order valence-corrected chi connectivity index (χ0v) is 15.8. The standard InChI is InChI=1S/C20H27N5O2/c1-27-13-20(8-10-21-11-9-20)12-22-19(26)16-6-4-15(5-7-16)18-23-17(24-25-18)14-2-3-14/h4-7,14,21H,2-3,8-13H2,1H3,(H,22,26)(H,23,24,25). The molecule has 7 heteroatoms. The highest BCUT2D eigenvalue weighted by Gasteiger charge is 2.32. The number of hydrogen-bond donors (Lipinski definition) is 3. The molecular weight excluding hydrogens is 342 g/mol. The van der Waals surface area contributed by atoms with Crippen molar-refractivity contribution in [1.82, 2.24) is 25.8 Å². The van der Waals surface area contributed by atoms with Gasteiger partial charge in [0, 0.05) is 36.1 Å². The number of aromatic amines is 1. The van der Waals surface area contributed by atoms with E-state index < -0.39 is 0 Å². The number of H-pyrrole nitrogens is 1. The number of aromatic nitrogens is 3. The molecule has 0 spiro atoms. The molecule has 7 nitrogen and oxygen atoms in total. The van der Waals surface area contributed by atoms with Crippen LogP contribution in [0.15, 0.2) is 24.3 Å². The summed E-state index contributed by atoms with van der Waals surface area (Å²) < 4.78 is 5.41. The molecule has 2 aromatic rings. The third kappa shape index (κ3) is 4.20. The van der Waals surface area contributed by atoms with Crippen molar-refractivity contribution in [3.8, 4) is 11.4 Å². The van der Waals surface area contributed by atoms with Crippen LogP contribution in [0.2, 0.25) is 0 Å². The first-order chi connectivity index (χ1) is 13.2. The number of ether oxygens (including phenoxy) is 1. The van der Waals surface area contributed by atoms with Crippen molar-refractivity contribution >= 4 is 5.91 Å². The van der Waals surface area contributed by atoms with Gasteiger partial charge in [-0.25, -0.2) is 4.98 Å². The summed E-state index contributed by atoms with van der Waals surface area (Å²) in [5.41, 5.74) is 1.59. The summed E-state index contributed by atoms with van der Waals surface area (Å²) in [5, 5.41) is 13.8. The predicted octanol–water partition coefficient (Wildman–Crippen LogP) is 2.10. The van der Waals surface area contributed by atoms with Gasteiger partial charge in [0.15, 0.2) is 5.82 Å². The fraction of sp³-hybridized carbons (Fsp3) is 0.550. The maximum atomic E-state index is 12.6. The molecule has 0 unspecified atom stereocenters. The van der Waals surface area contributed by atoms with Crippen molar-refractivity contribution in [2.45, 2.75) is 31.6 Å². The Morgan fingerprint density at radius 3 is 2.67 bits per heavy atom. The quantitative estimate of drug-likeness (QED) is 0.695. The number of piperidine rings is 1. The molecule has 2 fully saturated rings. The summed E-state index contributed by atoms with van der Waals surface area (Å²) in [6.45, 7) is 3.23. The largest absolute Gasteiger partial charge is 0.384 e. The highest BCUT2D eigenvalue weighted by molar-refractivity contribution is 5.94. The van der Waals surface area contributed by atoms with Crippen LogP contribution in [-0.2, 0) is 4.74 Å². The summed E-state index contributed by atoms with van der Waals surface area (Å²) >= 11 is 0. The fourth-order valence-corrected chi connectivity index (χ4v) is 3.72. The number of nitrogens with one attached hydrogen (secondary N) is 3. The van der Waals surface area contributed by atoms with Gasteiger partial charge >= 0.3 is 0 Å². The summed E-state index contributed by atoms with van der Waals surface area (Å²) in [4.78, 5) is 17.1. The lowest BCUT2D eigenvalue weighted by Crippen LogP contribution is -2.47. The van der Waals surface area contributed by atoms with Crippen molar-refractivity contribution < 1.29 is 9.53 Å². The lowest BCUT2D eigenvalue weighted by molar-refractivity contribution is 0.0512. The molecule has 3 N–H and O–H groups in total. The number of methoxy groups -OCH3 is 1. The normalized spacial score (nSPS) is 19.0. The number of hydrogen-bond acceptors (Lipinski definition) is 5. The van der Waals surface area contributed by atoms with Gasteiger partial charge < -0.3 is 15.4 Å². The molecule has 0 bridgehead atoms. The Balaban J connectivity index is 1.38. The molecule has 0 atom stereocenters. The first kappa shape index (κ1) is 18.1. The molecule has 144 valence electrons. The van der Waals surface area contributed by atoms with Gasteiger partial charge in [0.1, 0.15) is 5.82 Å². The Labute approximate surface area is 159 Å². The van der Waals surface area contributed by atoms with E-state index in [1.54, 1.807) is 7.11 Å². The van der Waals surface area contributed by atoms with Crippen LogP contribution >= 0.6 is 0 Å². The first-order valence-corrected chi connectivity index (χ1v) is 9.70. The minimum Gasteiger partial charge on any atom is -0.384 e. The van der Waals surface area contributed by atoms with Gasteiger partial charge in [0.05, 0.1) is 6.61 Å². The zero-order valence-electron chi connectivity index (χ0n) is 15.8. The lowest BCUT2D eigenvalue weighted by Gasteiger charge is -2.37. The molecular formula is C20H27N5O2. The van der Waals surface area contributed by atoms with Crippen LogP contribution in [-0.4, -0.2) is 54.4 Å². The molecule has 1 aromatic heterocycles. The Bertz CT molecular complexity index is 770. The van der Waals surface area contributed by atoms with E-state index in [0.717, 1.165) is 37.3 Å². The van der Waals surface area contributed by atoms with Gasteiger partial charge in [-0.1, -0.05) is 12.1 Å². The second kappa shape index (κ2) is 7.78. The summed E-state index contributed by atoms with van der Waals surface area (Å²) in [7, 11) is 1.72. The van der Waals surface area contributed by atoms with Gasteiger partial charge in [-0.05, 0) is 50.9 Å². The number of carbonyl (C=O) groups excluding carboxylic acids is 1. The Hall–Kier alpha value is -2.25. The zero-order chi connectivity index (χ0) is 18.7. The molecule has 1 aromatic carbocycles. The highest BCUT2D eigenvalue weighted by Crippen LogP contribution is 2.38. The molecule has 1 aliphatic heterocycles. The molecule has 1 saturated heterocycles. The predicted molar refractivity (Wildman–Crippen MR) is 103 cm³/mol. The smallest absolute Gasteiger partial charge is 0.251 e. The number of rotatable bonds is 7. The third-order valence-corrected chi connectivity index (χ3v) is 5.61. The molecule has 27 heavy (non-hydrogen) atoms. The van der Waals surface area contributed by atoms with E-state index in [1.807, 2.05) is 24.3 Å². The topological polar surface area (TPSA) is 91.9 Å². The van der Waals surface area contributed by atoms with E-state index in [-0.39, 0.29) is 11.3 Å². The van der Waals surface area contributed by atoms with Crippen molar-refractivity contribution in [2.75, 3.05) is 33.4 Å². The fourth-order valence-electron chi connectivity index (χ4n) is 3.72. The van der Waals surface area contributed by atoms with Crippen LogP contribution in [0.1, 0.15) is 47.8 Å². The number of benzene rings is 1. The minimum absolute atomic E-state index is 0.0216. The van der Waals surface area contributed by atoms with Crippen molar-refractivity contribution in [3.63, 3.8) is 0 Å². The van der Waals surface area contributed by atoms with Crippen molar-refractivity contribution in [3.05, 3.63) is 35.7 Å². The van der Waals surface area contributed by atoms with E-state index in [9.17, 15) is 4.79 Å². The Morgan fingerprint density at radius 2 is 2.00 bits per heavy atom. The SMILES string of the molecule is COCC1(CNC(=O)c2ccc(-c3n[nH]c(C4CC4)n3)cc2)CCNCC1. The highest BCUT2D eigenvalue weighted by atomic mass is 16.5. The number of amides is 1. The van der Waals surface area contributed by atoms with E-state index >= 15 is 0 Å². The molecule has 1 aliphatic carbocycles.